The van der Waals surface area contributed by atoms with Crippen LogP contribution in [0.1, 0.15) is 68.0 Å². The van der Waals surface area contributed by atoms with Gasteiger partial charge in [-0.1, -0.05) is 25.3 Å². The molecule has 0 saturated heterocycles. The van der Waals surface area contributed by atoms with Crippen LogP contribution in [0.2, 0.25) is 0 Å². The number of halogens is 3. The molecule has 1 saturated carbocycles. The average molecular weight is 555 g/mol. The normalized spacial score (nSPS) is 14.5. The Bertz CT molecular complexity index is 1650. The van der Waals surface area contributed by atoms with Crippen molar-refractivity contribution in [1.29, 1.82) is 0 Å². The van der Waals surface area contributed by atoms with Crippen LogP contribution in [0.25, 0.3) is 32.6 Å². The molecule has 1 aromatic carbocycles. The summed E-state index contributed by atoms with van der Waals surface area (Å²) in [6.45, 7) is 2.66. The molecule has 1 N–H and O–H groups in total. The minimum absolute atomic E-state index is 0.0866. The van der Waals surface area contributed by atoms with Crippen LogP contribution in [-0.2, 0) is 11.0 Å². The number of nitrogens with one attached hydrogen (secondary N) is 1. The summed E-state index contributed by atoms with van der Waals surface area (Å²) in [6, 6.07) is 6.87. The van der Waals surface area contributed by atoms with Gasteiger partial charge in [0.1, 0.15) is 10.8 Å². The quantitative estimate of drug-likeness (QED) is 0.272. The van der Waals surface area contributed by atoms with Crippen molar-refractivity contribution in [3.05, 3.63) is 63.5 Å². The maximum absolute atomic E-state index is 13.4. The zero-order valence-corrected chi connectivity index (χ0v) is 22.1. The van der Waals surface area contributed by atoms with E-state index < -0.39 is 17.3 Å². The van der Waals surface area contributed by atoms with E-state index in [2.05, 4.69) is 15.3 Å². The van der Waals surface area contributed by atoms with Gasteiger partial charge >= 0.3 is 6.18 Å². The summed E-state index contributed by atoms with van der Waals surface area (Å²) >= 11 is 0.818. The lowest BCUT2D eigenvalue weighted by atomic mass is 9.93. The minimum Gasteiger partial charge on any atom is -0.343 e. The standard InChI is InChI=1S/C28H25F3N4O3S/c1-15(36)22-13-35(18-6-4-3-5-7-18)23-9-8-17(10-20(23)26(22)38)21-12-32-25(33-16(2)37)11-19(21)27-34-24(14-39-27)28(29,30)31/h8-14,18H,3-7H2,1-2H3,(H,32,33,37). The fraction of sp³-hybridized carbons (Fsp3) is 0.321. The van der Waals surface area contributed by atoms with Crippen molar-refractivity contribution in [3.8, 4) is 21.7 Å². The number of nitrogens with zero attached hydrogens (tertiary/aromatic N) is 3. The summed E-state index contributed by atoms with van der Waals surface area (Å²) < 4.78 is 42.0. The SMILES string of the molecule is CC(=O)Nc1cc(-c2nc(C(F)(F)F)cs2)c(-c2ccc3c(c2)c(=O)c(C(C)=O)cn3C2CCCCC2)cn1. The van der Waals surface area contributed by atoms with E-state index in [4.69, 9.17) is 0 Å². The molecule has 0 aliphatic heterocycles. The Morgan fingerprint density at radius 1 is 1.08 bits per heavy atom. The van der Waals surface area contributed by atoms with Crippen LogP contribution in [0.5, 0.6) is 0 Å². The van der Waals surface area contributed by atoms with Gasteiger partial charge in [0.05, 0.1) is 11.1 Å². The molecular formula is C28H25F3N4O3S. The molecule has 0 radical (unpaired) electrons. The van der Waals surface area contributed by atoms with Crippen molar-refractivity contribution < 1.29 is 22.8 Å². The van der Waals surface area contributed by atoms with Crippen molar-refractivity contribution in [2.75, 3.05) is 5.32 Å². The molecule has 0 unspecified atom stereocenters. The molecule has 202 valence electrons. The highest BCUT2D eigenvalue weighted by molar-refractivity contribution is 7.13. The lowest BCUT2D eigenvalue weighted by Crippen LogP contribution is -2.21. The number of hydrogen-bond acceptors (Lipinski definition) is 6. The molecule has 0 atom stereocenters. The van der Waals surface area contributed by atoms with Gasteiger partial charge in [-0.15, -0.1) is 11.3 Å². The Kier molecular flexibility index (Phi) is 7.11. The molecule has 0 bridgehead atoms. The fourth-order valence-corrected chi connectivity index (χ4v) is 5.93. The van der Waals surface area contributed by atoms with Gasteiger partial charge in [0, 0.05) is 47.3 Å². The van der Waals surface area contributed by atoms with Crippen molar-refractivity contribution >= 4 is 39.7 Å². The second-order valence-electron chi connectivity index (χ2n) is 9.69. The van der Waals surface area contributed by atoms with Gasteiger partial charge in [0.25, 0.3) is 0 Å². The van der Waals surface area contributed by atoms with Gasteiger partial charge < -0.3 is 9.88 Å². The first-order valence-corrected chi connectivity index (χ1v) is 13.4. The molecular weight excluding hydrogens is 529 g/mol. The highest BCUT2D eigenvalue weighted by Gasteiger charge is 2.34. The topological polar surface area (TPSA) is 94.0 Å². The number of pyridine rings is 2. The number of fused-ring (bicyclic) bond motifs is 1. The monoisotopic (exact) mass is 554 g/mol. The molecule has 3 heterocycles. The zero-order valence-electron chi connectivity index (χ0n) is 21.3. The molecule has 7 nitrogen and oxygen atoms in total. The maximum atomic E-state index is 13.4. The number of ketones is 1. The summed E-state index contributed by atoms with van der Waals surface area (Å²) in [5.74, 6) is -0.562. The molecule has 1 fully saturated rings. The van der Waals surface area contributed by atoms with E-state index in [1.807, 2.05) is 4.57 Å². The number of amides is 1. The van der Waals surface area contributed by atoms with Crippen LogP contribution < -0.4 is 10.7 Å². The van der Waals surface area contributed by atoms with Crippen LogP contribution in [0.4, 0.5) is 19.0 Å². The molecule has 1 aliphatic rings. The van der Waals surface area contributed by atoms with Gasteiger partial charge in [-0.05, 0) is 43.5 Å². The Labute approximate surface area is 225 Å². The minimum atomic E-state index is -4.61. The van der Waals surface area contributed by atoms with Crippen LogP contribution >= 0.6 is 11.3 Å². The molecule has 4 aromatic rings. The molecule has 5 rings (SSSR count). The molecule has 1 aliphatic carbocycles. The van der Waals surface area contributed by atoms with Gasteiger partial charge in [-0.25, -0.2) is 9.97 Å². The summed E-state index contributed by atoms with van der Waals surface area (Å²) in [5.41, 5.74) is 0.652. The Morgan fingerprint density at radius 2 is 1.82 bits per heavy atom. The number of carbonyl (C=O) groups is 2. The highest BCUT2D eigenvalue weighted by Crippen LogP contribution is 2.39. The van der Waals surface area contributed by atoms with Gasteiger partial charge in [0.2, 0.25) is 5.91 Å². The number of rotatable bonds is 5. The second kappa shape index (κ2) is 10.4. The third kappa shape index (κ3) is 5.36. The van der Waals surface area contributed by atoms with Crippen molar-refractivity contribution in [2.24, 2.45) is 0 Å². The lowest BCUT2D eigenvalue weighted by Gasteiger charge is -2.27. The van der Waals surface area contributed by atoms with Gasteiger partial charge in [-0.3, -0.25) is 14.4 Å². The fourth-order valence-electron chi connectivity index (χ4n) is 5.07. The Balaban J connectivity index is 1.71. The van der Waals surface area contributed by atoms with E-state index in [1.165, 1.54) is 26.1 Å². The van der Waals surface area contributed by atoms with E-state index >= 15 is 0 Å². The predicted octanol–water partition coefficient (Wildman–Crippen LogP) is 6.87. The maximum Gasteiger partial charge on any atom is 0.434 e. The Hall–Kier alpha value is -3.86. The van der Waals surface area contributed by atoms with E-state index in [9.17, 15) is 27.6 Å². The number of thiazole rings is 1. The molecule has 11 heteroatoms. The largest absolute Gasteiger partial charge is 0.434 e. The van der Waals surface area contributed by atoms with E-state index in [0.717, 1.165) is 48.8 Å². The summed E-state index contributed by atoms with van der Waals surface area (Å²) in [7, 11) is 0. The Morgan fingerprint density at radius 3 is 2.46 bits per heavy atom. The first-order valence-electron chi connectivity index (χ1n) is 12.5. The van der Waals surface area contributed by atoms with Crippen molar-refractivity contribution in [1.82, 2.24) is 14.5 Å². The van der Waals surface area contributed by atoms with Crippen molar-refractivity contribution in [2.45, 2.75) is 58.2 Å². The van der Waals surface area contributed by atoms with Crippen LogP contribution in [0.3, 0.4) is 0 Å². The lowest BCUT2D eigenvalue weighted by molar-refractivity contribution is -0.140. The van der Waals surface area contributed by atoms with Crippen LogP contribution in [0, 0.1) is 0 Å². The van der Waals surface area contributed by atoms with Gasteiger partial charge in [0.15, 0.2) is 16.9 Å². The zero-order chi connectivity index (χ0) is 27.9. The summed E-state index contributed by atoms with van der Waals surface area (Å²) in [5, 5.41) is 3.91. The second-order valence-corrected chi connectivity index (χ2v) is 10.5. The first kappa shape index (κ1) is 26.7. The number of benzene rings is 1. The third-order valence-electron chi connectivity index (χ3n) is 6.92. The highest BCUT2D eigenvalue weighted by atomic mass is 32.1. The number of alkyl halides is 3. The predicted molar refractivity (Wildman–Crippen MR) is 144 cm³/mol. The molecule has 39 heavy (non-hydrogen) atoms. The summed E-state index contributed by atoms with van der Waals surface area (Å²) in [6.07, 6.45) is 3.65. The number of carbonyl (C=O) groups excluding carboxylic acids is 2. The smallest absolute Gasteiger partial charge is 0.343 e. The van der Waals surface area contributed by atoms with E-state index in [-0.39, 0.29) is 34.1 Å². The van der Waals surface area contributed by atoms with E-state index in [0.29, 0.717) is 27.6 Å². The van der Waals surface area contributed by atoms with Gasteiger partial charge in [-0.2, -0.15) is 13.2 Å². The van der Waals surface area contributed by atoms with Crippen LogP contribution in [-0.4, -0.2) is 26.2 Å². The number of hydrogen-bond donors (Lipinski definition) is 1. The molecule has 1 amide bonds. The number of anilines is 1. The van der Waals surface area contributed by atoms with Crippen molar-refractivity contribution in [3.63, 3.8) is 0 Å². The summed E-state index contributed by atoms with van der Waals surface area (Å²) in [4.78, 5) is 45.5. The average Bonchev–Trinajstić information content (AvgIpc) is 3.40. The number of aromatic nitrogens is 3. The number of Topliss-reactive ketones (excluding diaryl/α,β-unsaturated/α-hetero) is 1. The third-order valence-corrected chi connectivity index (χ3v) is 7.80. The molecule has 3 aromatic heterocycles. The van der Waals surface area contributed by atoms with E-state index in [1.54, 1.807) is 24.4 Å². The van der Waals surface area contributed by atoms with Crippen LogP contribution in [0.15, 0.2) is 46.8 Å². The first-order chi connectivity index (χ1) is 18.5. The molecule has 0 spiro atoms.